The first kappa shape index (κ1) is 14.9. The summed E-state index contributed by atoms with van der Waals surface area (Å²) < 4.78 is 0. The van der Waals surface area contributed by atoms with Gasteiger partial charge in [-0.1, -0.05) is 62.3 Å². The fourth-order valence-electron chi connectivity index (χ4n) is 3.14. The van der Waals surface area contributed by atoms with E-state index < -0.39 is 0 Å². The lowest BCUT2D eigenvalue weighted by molar-refractivity contribution is 0.137. The highest BCUT2D eigenvalue weighted by molar-refractivity contribution is 6.31. The summed E-state index contributed by atoms with van der Waals surface area (Å²) >= 11 is 6.23. The Kier molecular flexibility index (Phi) is 5.72. The van der Waals surface area contributed by atoms with E-state index in [0.717, 1.165) is 17.0 Å². The second-order valence-corrected chi connectivity index (χ2v) is 6.45. The molecule has 1 aromatic carbocycles. The summed E-state index contributed by atoms with van der Waals surface area (Å²) in [7, 11) is 0. The lowest BCUT2D eigenvalue weighted by Crippen LogP contribution is -2.16. The molecule has 1 aliphatic carbocycles. The quantitative estimate of drug-likeness (QED) is 0.777. The van der Waals surface area contributed by atoms with Crippen molar-refractivity contribution in [2.75, 3.05) is 0 Å². The van der Waals surface area contributed by atoms with E-state index in [0.29, 0.717) is 12.3 Å². The highest BCUT2D eigenvalue weighted by Crippen LogP contribution is 2.28. The van der Waals surface area contributed by atoms with Crippen molar-refractivity contribution in [2.45, 2.75) is 64.4 Å². The van der Waals surface area contributed by atoms with Crippen molar-refractivity contribution < 1.29 is 5.11 Å². The van der Waals surface area contributed by atoms with Crippen LogP contribution >= 0.6 is 11.6 Å². The summed E-state index contributed by atoms with van der Waals surface area (Å²) in [5, 5.41) is 11.1. The highest BCUT2D eigenvalue weighted by Gasteiger charge is 2.17. The van der Waals surface area contributed by atoms with E-state index in [-0.39, 0.29) is 6.10 Å². The van der Waals surface area contributed by atoms with Crippen LogP contribution in [0, 0.1) is 12.8 Å². The average Bonchev–Trinajstić information content (AvgIpc) is 2.61. The van der Waals surface area contributed by atoms with Crippen LogP contribution in [0.25, 0.3) is 0 Å². The van der Waals surface area contributed by atoms with Crippen molar-refractivity contribution in [2.24, 2.45) is 5.92 Å². The average molecular weight is 281 g/mol. The van der Waals surface area contributed by atoms with Crippen LogP contribution in [0.3, 0.4) is 0 Å². The SMILES string of the molecule is Cc1ccc(CC(O)CC2CCCCCC2)c(Cl)c1. The fraction of sp³-hybridized carbons (Fsp3) is 0.647. The molecule has 1 fully saturated rings. The van der Waals surface area contributed by atoms with Crippen LogP contribution in [-0.4, -0.2) is 11.2 Å². The maximum absolute atomic E-state index is 10.3. The van der Waals surface area contributed by atoms with Crippen molar-refractivity contribution in [3.8, 4) is 0 Å². The predicted octanol–water partition coefficient (Wildman–Crippen LogP) is 4.91. The summed E-state index contributed by atoms with van der Waals surface area (Å²) in [5.41, 5.74) is 2.25. The zero-order valence-electron chi connectivity index (χ0n) is 11.9. The Balaban J connectivity index is 1.87. The van der Waals surface area contributed by atoms with E-state index in [4.69, 9.17) is 11.6 Å². The van der Waals surface area contributed by atoms with Crippen LogP contribution in [-0.2, 0) is 6.42 Å². The predicted molar refractivity (Wildman–Crippen MR) is 81.7 cm³/mol. The highest BCUT2D eigenvalue weighted by atomic mass is 35.5. The van der Waals surface area contributed by atoms with E-state index in [9.17, 15) is 5.11 Å². The third-order valence-corrected chi connectivity index (χ3v) is 4.60. The lowest BCUT2D eigenvalue weighted by atomic mass is 9.91. The van der Waals surface area contributed by atoms with E-state index in [2.05, 4.69) is 6.07 Å². The minimum absolute atomic E-state index is 0.247. The summed E-state index contributed by atoms with van der Waals surface area (Å²) in [6.07, 6.45) is 9.37. The molecule has 1 N–H and O–H groups in total. The molecule has 0 heterocycles. The molecule has 0 aromatic heterocycles. The third kappa shape index (κ3) is 4.81. The number of rotatable bonds is 4. The lowest BCUT2D eigenvalue weighted by Gasteiger charge is -2.19. The third-order valence-electron chi connectivity index (χ3n) is 4.24. The Hall–Kier alpha value is -0.530. The summed E-state index contributed by atoms with van der Waals surface area (Å²) in [6, 6.07) is 6.10. The van der Waals surface area contributed by atoms with Gasteiger partial charge in [-0.2, -0.15) is 0 Å². The minimum atomic E-state index is -0.247. The topological polar surface area (TPSA) is 20.2 Å². The molecule has 0 radical (unpaired) electrons. The molecule has 0 spiro atoms. The normalized spacial score (nSPS) is 19.1. The fourth-order valence-corrected chi connectivity index (χ4v) is 3.45. The number of aliphatic hydroxyl groups is 1. The molecule has 0 amide bonds. The molecule has 19 heavy (non-hydrogen) atoms. The van der Waals surface area contributed by atoms with Gasteiger partial charge in [0.1, 0.15) is 0 Å². The minimum Gasteiger partial charge on any atom is -0.393 e. The van der Waals surface area contributed by atoms with E-state index in [1.54, 1.807) is 0 Å². The van der Waals surface area contributed by atoms with Gasteiger partial charge in [0.2, 0.25) is 0 Å². The van der Waals surface area contributed by atoms with Gasteiger partial charge in [-0.15, -0.1) is 0 Å². The molecule has 1 nitrogen and oxygen atoms in total. The van der Waals surface area contributed by atoms with E-state index in [1.807, 2.05) is 19.1 Å². The summed E-state index contributed by atoms with van der Waals surface area (Å²) in [4.78, 5) is 0. The smallest absolute Gasteiger partial charge is 0.0583 e. The first-order valence-corrected chi connectivity index (χ1v) is 7.96. The van der Waals surface area contributed by atoms with Gasteiger partial charge >= 0.3 is 0 Å². The Labute approximate surface area is 122 Å². The molecule has 1 atom stereocenters. The molecule has 0 saturated heterocycles. The maximum Gasteiger partial charge on any atom is 0.0583 e. The Morgan fingerprint density at radius 2 is 1.89 bits per heavy atom. The zero-order valence-corrected chi connectivity index (χ0v) is 12.6. The monoisotopic (exact) mass is 280 g/mol. The van der Waals surface area contributed by atoms with Crippen LogP contribution in [0.4, 0.5) is 0 Å². The largest absolute Gasteiger partial charge is 0.393 e. The summed E-state index contributed by atoms with van der Waals surface area (Å²) in [6.45, 7) is 2.04. The van der Waals surface area contributed by atoms with Crippen LogP contribution < -0.4 is 0 Å². The van der Waals surface area contributed by atoms with Crippen molar-refractivity contribution in [3.63, 3.8) is 0 Å². The van der Waals surface area contributed by atoms with Crippen LogP contribution in [0.1, 0.15) is 56.1 Å². The number of benzene rings is 1. The van der Waals surface area contributed by atoms with Crippen LogP contribution in [0.5, 0.6) is 0 Å². The van der Waals surface area contributed by atoms with Gasteiger partial charge in [0.05, 0.1) is 6.10 Å². The van der Waals surface area contributed by atoms with Crippen molar-refractivity contribution in [1.29, 1.82) is 0 Å². The van der Waals surface area contributed by atoms with Crippen LogP contribution in [0.15, 0.2) is 18.2 Å². The molecule has 1 unspecified atom stereocenters. The van der Waals surface area contributed by atoms with Gasteiger partial charge < -0.3 is 5.11 Å². The molecule has 106 valence electrons. The second-order valence-electron chi connectivity index (χ2n) is 6.05. The molecule has 2 rings (SSSR count). The zero-order chi connectivity index (χ0) is 13.7. The van der Waals surface area contributed by atoms with Gasteiger partial charge in [0.25, 0.3) is 0 Å². The Morgan fingerprint density at radius 3 is 2.53 bits per heavy atom. The van der Waals surface area contributed by atoms with Gasteiger partial charge in [-0.3, -0.25) is 0 Å². The molecule has 0 aliphatic heterocycles. The van der Waals surface area contributed by atoms with E-state index in [1.165, 1.54) is 44.1 Å². The van der Waals surface area contributed by atoms with Crippen molar-refractivity contribution >= 4 is 11.6 Å². The van der Waals surface area contributed by atoms with E-state index >= 15 is 0 Å². The molecule has 0 bridgehead atoms. The molecule has 1 saturated carbocycles. The number of hydrogen-bond acceptors (Lipinski definition) is 1. The number of aliphatic hydroxyl groups excluding tert-OH is 1. The van der Waals surface area contributed by atoms with Crippen molar-refractivity contribution in [1.82, 2.24) is 0 Å². The molecular weight excluding hydrogens is 256 g/mol. The first-order chi connectivity index (χ1) is 9.15. The Morgan fingerprint density at radius 1 is 1.21 bits per heavy atom. The number of halogens is 1. The Bertz CT molecular complexity index is 394. The van der Waals surface area contributed by atoms with Gasteiger partial charge in [0.15, 0.2) is 0 Å². The van der Waals surface area contributed by atoms with Gasteiger partial charge in [-0.05, 0) is 42.9 Å². The van der Waals surface area contributed by atoms with Gasteiger partial charge in [-0.25, -0.2) is 0 Å². The number of hydrogen-bond donors (Lipinski definition) is 1. The second kappa shape index (κ2) is 7.31. The van der Waals surface area contributed by atoms with Crippen LogP contribution in [0.2, 0.25) is 5.02 Å². The molecule has 1 aliphatic rings. The standard InChI is InChI=1S/C17H25ClO/c1-13-8-9-15(17(18)10-13)12-16(19)11-14-6-4-2-3-5-7-14/h8-10,14,16,19H,2-7,11-12H2,1H3. The number of aryl methyl sites for hydroxylation is 1. The maximum atomic E-state index is 10.3. The molecular formula is C17H25ClO. The summed E-state index contributed by atoms with van der Waals surface area (Å²) in [5.74, 6) is 0.710. The van der Waals surface area contributed by atoms with Crippen molar-refractivity contribution in [3.05, 3.63) is 34.3 Å². The molecule has 2 heteroatoms. The first-order valence-electron chi connectivity index (χ1n) is 7.58. The van der Waals surface area contributed by atoms with Gasteiger partial charge in [0, 0.05) is 5.02 Å². The molecule has 1 aromatic rings.